The van der Waals surface area contributed by atoms with E-state index in [1.165, 1.54) is 29.0 Å². The van der Waals surface area contributed by atoms with Crippen molar-refractivity contribution in [3.8, 4) is 11.4 Å². The highest BCUT2D eigenvalue weighted by atomic mass is 35.5. The van der Waals surface area contributed by atoms with E-state index in [2.05, 4.69) is 25.5 Å². The molecule has 0 amide bonds. The van der Waals surface area contributed by atoms with Gasteiger partial charge in [0.05, 0.1) is 16.9 Å². The molecule has 3 aromatic rings. The van der Waals surface area contributed by atoms with Crippen LogP contribution in [0.3, 0.4) is 0 Å². The lowest BCUT2D eigenvalue weighted by Gasteiger charge is -2.04. The lowest BCUT2D eigenvalue weighted by molar-refractivity contribution is 0.475. The van der Waals surface area contributed by atoms with Crippen molar-refractivity contribution in [3.05, 3.63) is 41.8 Å². The van der Waals surface area contributed by atoms with E-state index in [-0.39, 0.29) is 5.75 Å². The Kier molecular flexibility index (Phi) is 3.48. The van der Waals surface area contributed by atoms with E-state index < -0.39 is 0 Å². The number of aromatic hydroxyl groups is 1. The van der Waals surface area contributed by atoms with Crippen molar-refractivity contribution < 1.29 is 5.11 Å². The second-order valence-electron chi connectivity index (χ2n) is 3.67. The van der Waals surface area contributed by atoms with Crippen LogP contribution in [0.2, 0.25) is 5.02 Å². The van der Waals surface area contributed by atoms with Gasteiger partial charge >= 0.3 is 0 Å². The molecule has 0 aliphatic rings. The molecular weight excluding hydrogens is 300 g/mol. The highest BCUT2D eigenvalue weighted by Crippen LogP contribution is 2.30. The first-order valence-electron chi connectivity index (χ1n) is 5.45. The van der Waals surface area contributed by atoms with E-state index in [4.69, 9.17) is 11.6 Å². The number of phenols is 1. The number of nitrogens with zero attached hydrogens (tertiary/aromatic N) is 6. The second kappa shape index (κ2) is 5.43. The van der Waals surface area contributed by atoms with Gasteiger partial charge in [0.2, 0.25) is 5.16 Å². The maximum absolute atomic E-state index is 9.29. The number of halogens is 1. The summed E-state index contributed by atoms with van der Waals surface area (Å²) in [5, 5.41) is 22.3. The molecule has 7 nitrogen and oxygen atoms in total. The minimum absolute atomic E-state index is 0.176. The predicted molar refractivity (Wildman–Crippen MR) is 72.0 cm³/mol. The predicted octanol–water partition coefficient (Wildman–Crippen LogP) is 1.96. The van der Waals surface area contributed by atoms with Gasteiger partial charge in [-0.2, -0.15) is 4.68 Å². The van der Waals surface area contributed by atoms with Crippen LogP contribution in [-0.2, 0) is 0 Å². The lowest BCUT2D eigenvalue weighted by Crippen LogP contribution is -1.98. The summed E-state index contributed by atoms with van der Waals surface area (Å²) in [6.45, 7) is 0. The van der Waals surface area contributed by atoms with Crippen LogP contribution in [0.1, 0.15) is 0 Å². The smallest absolute Gasteiger partial charge is 0.220 e. The van der Waals surface area contributed by atoms with Gasteiger partial charge in [0.25, 0.3) is 0 Å². The monoisotopic (exact) mass is 306 g/mol. The zero-order valence-electron chi connectivity index (χ0n) is 9.88. The molecule has 0 spiro atoms. The Balaban J connectivity index is 1.95. The van der Waals surface area contributed by atoms with Gasteiger partial charge in [0.1, 0.15) is 17.1 Å². The van der Waals surface area contributed by atoms with Crippen molar-refractivity contribution >= 4 is 23.4 Å². The van der Waals surface area contributed by atoms with Crippen molar-refractivity contribution in [2.24, 2.45) is 0 Å². The van der Waals surface area contributed by atoms with E-state index in [0.717, 1.165) is 5.69 Å². The molecule has 0 aliphatic heterocycles. The first-order valence-corrected chi connectivity index (χ1v) is 6.64. The number of phenolic OH excluding ortho intramolecular Hbond substituents is 1. The topological polar surface area (TPSA) is 89.6 Å². The Morgan fingerprint density at radius 1 is 1.20 bits per heavy atom. The molecule has 0 unspecified atom stereocenters. The zero-order valence-corrected chi connectivity index (χ0v) is 11.5. The van der Waals surface area contributed by atoms with Gasteiger partial charge in [0.15, 0.2) is 0 Å². The standard InChI is InChI=1S/C11H7ClN6OS/c12-9-5-13-6-14-10(9)20-11-15-16-17-18(11)7-1-3-8(19)4-2-7/h1-6,19H. The molecule has 0 aliphatic carbocycles. The first-order chi connectivity index (χ1) is 9.74. The van der Waals surface area contributed by atoms with Gasteiger partial charge in [-0.05, 0) is 46.5 Å². The van der Waals surface area contributed by atoms with Gasteiger partial charge in [-0.25, -0.2) is 9.97 Å². The van der Waals surface area contributed by atoms with E-state index in [1.807, 2.05) is 0 Å². The maximum atomic E-state index is 9.29. The van der Waals surface area contributed by atoms with E-state index in [0.29, 0.717) is 15.2 Å². The Bertz CT molecular complexity index is 732. The summed E-state index contributed by atoms with van der Waals surface area (Å²) in [4.78, 5) is 7.89. The zero-order chi connectivity index (χ0) is 13.9. The SMILES string of the molecule is Oc1ccc(-n2nnnc2Sc2ncncc2Cl)cc1. The minimum Gasteiger partial charge on any atom is -0.508 e. The summed E-state index contributed by atoms with van der Waals surface area (Å²) < 4.78 is 1.53. The average molecular weight is 307 g/mol. The first kappa shape index (κ1) is 12.8. The van der Waals surface area contributed by atoms with E-state index in [9.17, 15) is 5.11 Å². The molecule has 0 atom stereocenters. The van der Waals surface area contributed by atoms with Crippen molar-refractivity contribution in [2.75, 3.05) is 0 Å². The van der Waals surface area contributed by atoms with Crippen LogP contribution in [0, 0.1) is 0 Å². The third-order valence-electron chi connectivity index (χ3n) is 2.36. The van der Waals surface area contributed by atoms with E-state index >= 15 is 0 Å². The molecular formula is C11H7ClN6OS. The number of hydrogen-bond acceptors (Lipinski definition) is 7. The largest absolute Gasteiger partial charge is 0.508 e. The third-order valence-corrected chi connectivity index (χ3v) is 3.70. The molecule has 3 rings (SSSR count). The second-order valence-corrected chi connectivity index (χ2v) is 5.03. The highest BCUT2D eigenvalue weighted by Gasteiger charge is 2.13. The minimum atomic E-state index is 0.176. The van der Waals surface area contributed by atoms with Crippen molar-refractivity contribution in [3.63, 3.8) is 0 Å². The molecule has 20 heavy (non-hydrogen) atoms. The van der Waals surface area contributed by atoms with Gasteiger partial charge in [-0.15, -0.1) is 5.10 Å². The molecule has 100 valence electrons. The molecule has 2 aromatic heterocycles. The van der Waals surface area contributed by atoms with Gasteiger partial charge in [-0.1, -0.05) is 11.6 Å². The molecule has 0 radical (unpaired) electrons. The third kappa shape index (κ3) is 2.56. The number of rotatable bonds is 3. The Morgan fingerprint density at radius 2 is 2.00 bits per heavy atom. The number of benzene rings is 1. The quantitative estimate of drug-likeness (QED) is 0.740. The van der Waals surface area contributed by atoms with E-state index in [1.54, 1.807) is 24.3 Å². The Labute approximate surface area is 122 Å². The number of aromatic nitrogens is 6. The number of tetrazole rings is 1. The molecule has 2 heterocycles. The van der Waals surface area contributed by atoms with Crippen LogP contribution in [0.15, 0.2) is 47.0 Å². The van der Waals surface area contributed by atoms with Crippen LogP contribution in [0.4, 0.5) is 0 Å². The lowest BCUT2D eigenvalue weighted by atomic mass is 10.3. The average Bonchev–Trinajstić information content (AvgIpc) is 2.90. The van der Waals surface area contributed by atoms with Crippen LogP contribution in [-0.4, -0.2) is 35.3 Å². The molecule has 0 bridgehead atoms. The van der Waals surface area contributed by atoms with Crippen LogP contribution in [0.5, 0.6) is 5.75 Å². The summed E-state index contributed by atoms with van der Waals surface area (Å²) in [7, 11) is 0. The molecule has 0 saturated carbocycles. The molecule has 1 N–H and O–H groups in total. The normalized spacial score (nSPS) is 10.7. The van der Waals surface area contributed by atoms with Crippen LogP contribution in [0.25, 0.3) is 5.69 Å². The van der Waals surface area contributed by atoms with Gasteiger partial charge in [0, 0.05) is 0 Å². The molecule has 1 aromatic carbocycles. The van der Waals surface area contributed by atoms with Crippen LogP contribution >= 0.6 is 23.4 Å². The van der Waals surface area contributed by atoms with Crippen molar-refractivity contribution in [1.29, 1.82) is 0 Å². The maximum Gasteiger partial charge on any atom is 0.220 e. The van der Waals surface area contributed by atoms with Gasteiger partial charge in [-0.3, -0.25) is 0 Å². The Hall–Kier alpha value is -2.19. The van der Waals surface area contributed by atoms with Gasteiger partial charge < -0.3 is 5.11 Å². The van der Waals surface area contributed by atoms with Crippen molar-refractivity contribution in [1.82, 2.24) is 30.2 Å². The summed E-state index contributed by atoms with van der Waals surface area (Å²) in [6.07, 6.45) is 2.91. The fourth-order valence-electron chi connectivity index (χ4n) is 1.46. The summed E-state index contributed by atoms with van der Waals surface area (Å²) >= 11 is 7.23. The molecule has 0 fully saturated rings. The van der Waals surface area contributed by atoms with Crippen LogP contribution < -0.4 is 0 Å². The Morgan fingerprint density at radius 3 is 2.75 bits per heavy atom. The molecule has 0 saturated heterocycles. The fraction of sp³-hybridized carbons (Fsp3) is 0. The molecule has 9 heteroatoms. The van der Waals surface area contributed by atoms with Crippen molar-refractivity contribution in [2.45, 2.75) is 10.2 Å². The fourth-order valence-corrected chi connectivity index (χ4v) is 2.41. The summed E-state index contributed by atoms with van der Waals surface area (Å²) in [5.41, 5.74) is 0.723. The number of hydrogen-bond donors (Lipinski definition) is 1. The highest BCUT2D eigenvalue weighted by molar-refractivity contribution is 7.99. The summed E-state index contributed by atoms with van der Waals surface area (Å²) in [5.74, 6) is 0.176. The summed E-state index contributed by atoms with van der Waals surface area (Å²) in [6, 6.07) is 6.53.